The van der Waals surface area contributed by atoms with Crippen molar-refractivity contribution in [1.29, 1.82) is 0 Å². The Balaban J connectivity index is 1.82. The van der Waals surface area contributed by atoms with Crippen LogP contribution < -0.4 is 9.47 Å². The molecule has 1 atom stereocenters. The Morgan fingerprint density at radius 1 is 1.32 bits per heavy atom. The highest BCUT2D eigenvalue weighted by atomic mass is 35.5. The second-order valence-electron chi connectivity index (χ2n) is 9.02. The van der Waals surface area contributed by atoms with Gasteiger partial charge in [-0.1, -0.05) is 29.5 Å². The molecule has 2 aromatic carbocycles. The molecule has 0 saturated carbocycles. The summed E-state index contributed by atoms with van der Waals surface area (Å²) in [6, 6.07) is 7.22. The maximum absolute atomic E-state index is 16.3. The largest absolute Gasteiger partial charge is 0.496 e. The number of piperazine rings is 1. The molecule has 2 heterocycles. The maximum Gasteiger partial charge on any atom is 0.376 e. The standard InChI is InChI=1S/C25H30BClFN3O3/c1-26(32)31-12-11-30-14-18-13-17(7-6-10-29(2)3)22(23-20(27)8-5-9-21(23)33-4)24(28)25(18)34-16-19(30)15-31/h5,8-9,13,19,32H,10-12,14-16H2,1-4H3/t19-/m1/s1. The van der Waals surface area contributed by atoms with Gasteiger partial charge >= 0.3 is 7.05 Å². The molecule has 0 radical (unpaired) electrons. The third-order valence-corrected chi connectivity index (χ3v) is 6.64. The van der Waals surface area contributed by atoms with E-state index in [2.05, 4.69) is 16.7 Å². The van der Waals surface area contributed by atoms with Gasteiger partial charge in [-0.2, -0.15) is 0 Å². The summed E-state index contributed by atoms with van der Waals surface area (Å²) in [6.45, 7) is 5.36. The van der Waals surface area contributed by atoms with Crippen LogP contribution in [-0.4, -0.2) is 86.7 Å². The van der Waals surface area contributed by atoms with Crippen LogP contribution in [0.3, 0.4) is 0 Å². The zero-order valence-corrected chi connectivity index (χ0v) is 20.8. The SMILES string of the molecule is COc1cccc(Cl)c1-c1c(C#CCN(C)C)cc2c(c1F)OC[C@H]1CN(B(C)O)CCN1C2. The molecule has 2 aliphatic heterocycles. The number of fused-ring (bicyclic) bond motifs is 2. The lowest BCUT2D eigenvalue weighted by Crippen LogP contribution is -2.57. The van der Waals surface area contributed by atoms with Gasteiger partial charge in [0.1, 0.15) is 12.4 Å². The van der Waals surface area contributed by atoms with Gasteiger partial charge in [-0.25, -0.2) is 4.39 Å². The van der Waals surface area contributed by atoms with Gasteiger partial charge in [0, 0.05) is 48.4 Å². The van der Waals surface area contributed by atoms with E-state index in [1.54, 1.807) is 25.0 Å². The van der Waals surface area contributed by atoms with Crippen molar-refractivity contribution in [2.24, 2.45) is 0 Å². The molecule has 1 N–H and O–H groups in total. The Kier molecular flexibility index (Phi) is 7.71. The molecule has 0 bridgehead atoms. The average Bonchev–Trinajstić information content (AvgIpc) is 2.98. The first-order valence-electron chi connectivity index (χ1n) is 11.4. The highest BCUT2D eigenvalue weighted by molar-refractivity contribution is 6.45. The molecular weight excluding hydrogens is 456 g/mol. The molecule has 6 nitrogen and oxygen atoms in total. The van der Waals surface area contributed by atoms with Crippen molar-refractivity contribution >= 4 is 18.7 Å². The quantitative estimate of drug-likeness (QED) is 0.531. The van der Waals surface area contributed by atoms with E-state index in [9.17, 15) is 5.02 Å². The van der Waals surface area contributed by atoms with Crippen molar-refractivity contribution in [2.45, 2.75) is 19.4 Å². The van der Waals surface area contributed by atoms with Crippen LogP contribution >= 0.6 is 11.6 Å². The van der Waals surface area contributed by atoms with E-state index in [1.165, 1.54) is 7.11 Å². The summed E-state index contributed by atoms with van der Waals surface area (Å²) >= 11 is 6.55. The van der Waals surface area contributed by atoms with E-state index in [0.29, 0.717) is 48.1 Å². The van der Waals surface area contributed by atoms with Crippen LogP contribution in [0.2, 0.25) is 11.8 Å². The molecule has 0 aliphatic carbocycles. The Morgan fingerprint density at radius 3 is 2.82 bits per heavy atom. The summed E-state index contributed by atoms with van der Waals surface area (Å²) in [5.74, 6) is 6.52. The van der Waals surface area contributed by atoms with Crippen LogP contribution in [0.4, 0.5) is 4.39 Å². The highest BCUT2D eigenvalue weighted by Gasteiger charge is 2.35. The van der Waals surface area contributed by atoms with Crippen LogP contribution in [0.5, 0.6) is 11.5 Å². The van der Waals surface area contributed by atoms with Gasteiger partial charge in [-0.3, -0.25) is 9.80 Å². The number of nitrogens with zero attached hydrogens (tertiary/aromatic N) is 3. The third-order valence-electron chi connectivity index (χ3n) is 6.32. The van der Waals surface area contributed by atoms with Crippen molar-refractivity contribution in [2.75, 3.05) is 54.0 Å². The molecule has 4 rings (SSSR count). The van der Waals surface area contributed by atoms with Gasteiger partial charge in [0.25, 0.3) is 0 Å². The fraction of sp³-hybridized carbons (Fsp3) is 0.440. The molecule has 34 heavy (non-hydrogen) atoms. The van der Waals surface area contributed by atoms with Crippen LogP contribution in [-0.2, 0) is 6.54 Å². The molecular formula is C25H30BClFN3O3. The molecule has 180 valence electrons. The van der Waals surface area contributed by atoms with Crippen molar-refractivity contribution in [1.82, 2.24) is 14.6 Å². The molecule has 2 aromatic rings. The van der Waals surface area contributed by atoms with Gasteiger partial charge in [0.2, 0.25) is 0 Å². The van der Waals surface area contributed by atoms with Crippen molar-refractivity contribution in [3.63, 3.8) is 0 Å². The van der Waals surface area contributed by atoms with Gasteiger partial charge in [0.05, 0.1) is 24.7 Å². The van der Waals surface area contributed by atoms with E-state index in [4.69, 9.17) is 21.1 Å². The molecule has 0 unspecified atom stereocenters. The molecule has 1 fully saturated rings. The Labute approximate surface area is 206 Å². The molecule has 9 heteroatoms. The average molecular weight is 486 g/mol. The normalized spacial score (nSPS) is 18.3. The predicted molar refractivity (Wildman–Crippen MR) is 134 cm³/mol. The summed E-state index contributed by atoms with van der Waals surface area (Å²) in [7, 11) is 4.88. The van der Waals surface area contributed by atoms with E-state index in [-0.39, 0.29) is 17.4 Å². The lowest BCUT2D eigenvalue weighted by Gasteiger charge is -2.40. The zero-order chi connectivity index (χ0) is 24.4. The minimum Gasteiger partial charge on any atom is -0.496 e. The zero-order valence-electron chi connectivity index (χ0n) is 20.1. The second-order valence-corrected chi connectivity index (χ2v) is 9.43. The van der Waals surface area contributed by atoms with E-state index in [0.717, 1.165) is 18.7 Å². The summed E-state index contributed by atoms with van der Waals surface area (Å²) < 4.78 is 27.9. The Hall–Kier alpha value is -2.28. The number of methoxy groups -OCH3 is 1. The van der Waals surface area contributed by atoms with Crippen LogP contribution in [0, 0.1) is 17.7 Å². The molecule has 0 amide bonds. The van der Waals surface area contributed by atoms with E-state index >= 15 is 4.39 Å². The van der Waals surface area contributed by atoms with Crippen LogP contribution in [0.15, 0.2) is 24.3 Å². The van der Waals surface area contributed by atoms with Crippen molar-refractivity contribution in [3.8, 4) is 34.5 Å². The number of hydrogen-bond donors (Lipinski definition) is 1. The maximum atomic E-state index is 16.3. The minimum absolute atomic E-state index is 0.0525. The summed E-state index contributed by atoms with van der Waals surface area (Å²) in [5, 5.41) is 10.4. The van der Waals surface area contributed by atoms with Gasteiger partial charge in [0.15, 0.2) is 11.6 Å². The molecule has 2 aliphatic rings. The monoisotopic (exact) mass is 485 g/mol. The third kappa shape index (κ3) is 5.05. The number of benzene rings is 2. The molecule has 0 aromatic heterocycles. The van der Waals surface area contributed by atoms with Gasteiger partial charge in [-0.05, 0) is 39.1 Å². The Bertz CT molecular complexity index is 1120. The van der Waals surface area contributed by atoms with Crippen molar-refractivity contribution < 1.29 is 18.9 Å². The van der Waals surface area contributed by atoms with Crippen LogP contribution in [0.25, 0.3) is 11.1 Å². The Morgan fingerprint density at radius 2 is 2.12 bits per heavy atom. The fourth-order valence-corrected chi connectivity index (χ4v) is 4.79. The lowest BCUT2D eigenvalue weighted by molar-refractivity contribution is 0.0781. The van der Waals surface area contributed by atoms with Gasteiger partial charge < -0.3 is 19.3 Å². The summed E-state index contributed by atoms with van der Waals surface area (Å²) in [5.41, 5.74) is 2.06. The number of hydrogen-bond acceptors (Lipinski definition) is 6. The van der Waals surface area contributed by atoms with E-state index < -0.39 is 12.9 Å². The molecule has 1 saturated heterocycles. The fourth-order valence-electron chi connectivity index (χ4n) is 4.53. The summed E-state index contributed by atoms with van der Waals surface area (Å²) in [6.07, 6.45) is 0. The first-order valence-corrected chi connectivity index (χ1v) is 11.8. The minimum atomic E-state index is -0.526. The lowest BCUT2D eigenvalue weighted by atomic mass is 9.83. The predicted octanol–water partition coefficient (Wildman–Crippen LogP) is 3.06. The second kappa shape index (κ2) is 10.6. The van der Waals surface area contributed by atoms with Crippen LogP contribution in [0.1, 0.15) is 11.1 Å². The number of rotatable bonds is 4. The first kappa shape index (κ1) is 24.8. The topological polar surface area (TPSA) is 48.4 Å². The molecule has 0 spiro atoms. The van der Waals surface area contributed by atoms with E-state index in [1.807, 2.05) is 29.9 Å². The summed E-state index contributed by atoms with van der Waals surface area (Å²) in [4.78, 5) is 6.25. The van der Waals surface area contributed by atoms with Crippen molar-refractivity contribution in [3.05, 3.63) is 46.2 Å². The number of ether oxygens (including phenoxy) is 2. The van der Waals surface area contributed by atoms with Gasteiger partial charge in [-0.15, -0.1) is 0 Å². The highest BCUT2D eigenvalue weighted by Crippen LogP contribution is 2.44. The smallest absolute Gasteiger partial charge is 0.376 e. The number of halogens is 2. The first-order chi connectivity index (χ1) is 16.3.